The number of aromatic hydroxyl groups is 1. The molecule has 6 atom stereocenters. The lowest BCUT2D eigenvalue weighted by Crippen LogP contribution is -2.74. The number of fused-ring (bicyclic) bond motifs is 3. The van der Waals surface area contributed by atoms with Crippen LogP contribution >= 0.6 is 0 Å². The van der Waals surface area contributed by atoms with Crippen LogP contribution in [0.2, 0.25) is 0 Å². The Hall–Kier alpha value is -4.59. The number of hydrogen-bond donors (Lipinski definition) is 3. The number of phenolic OH excluding ortho intramolecular Hbond substituents is 1. The number of nitrogens with zero attached hydrogens (tertiary/aromatic N) is 2. The Morgan fingerprint density at radius 2 is 1.70 bits per heavy atom. The van der Waals surface area contributed by atoms with E-state index in [0.29, 0.717) is 11.1 Å². The van der Waals surface area contributed by atoms with Crippen LogP contribution in [0.1, 0.15) is 53.6 Å². The predicted molar refractivity (Wildman–Crippen MR) is 175 cm³/mol. The molecular weight excluding hydrogens is 598 g/mol. The van der Waals surface area contributed by atoms with E-state index in [2.05, 4.69) is 17.9 Å². The third-order valence-electron chi connectivity index (χ3n) is 10.4. The highest BCUT2D eigenvalue weighted by Gasteiger charge is 2.69. The number of ketones is 4. The first-order valence-corrected chi connectivity index (χ1v) is 16.0. The van der Waals surface area contributed by atoms with E-state index in [4.69, 9.17) is 5.73 Å². The normalized spacial score (nSPS) is 28.5. The summed E-state index contributed by atoms with van der Waals surface area (Å²) in [6, 6.07) is 8.36. The molecule has 2 aromatic carbocycles. The average Bonchev–Trinajstić information content (AvgIpc) is 3.02. The molecule has 4 aliphatic carbocycles. The first-order chi connectivity index (χ1) is 22.3. The molecule has 244 valence electrons. The maximum atomic E-state index is 14.4. The highest BCUT2D eigenvalue weighted by atomic mass is 16.3. The standard InChI is InChI=1S/C37H39N3O7/c1-39(2)23-14-12-20(13-15-23)24-16-21(11-10-19-8-6-5-7-9-19)31(41)28-25(24)17-22-18-26-30(40(3)4)33(43)29(36(38)46)35(45)37(26,47)34(44)27(22)32(28)42/h8,12-16,22,26-27,29-30,41,47H,5-7,9,17-18H2,1-4H3,(H2,38,46)/t22-,26-,27?,29?,30?,37-/m0/s1. The SMILES string of the molecule is CN(C)c1ccc(-c2cc(C#CC3=CCCCC3)c(O)c3c2C[C@H]2C[C@H]4C(N(C)C)C(=O)C(C(N)=O)C(=O)[C@@]4(O)C(=O)C2C3=O)cc1. The van der Waals surface area contributed by atoms with Crippen molar-refractivity contribution in [3.63, 3.8) is 0 Å². The van der Waals surface area contributed by atoms with Crippen LogP contribution in [0.15, 0.2) is 42.0 Å². The van der Waals surface area contributed by atoms with Crippen molar-refractivity contribution in [2.45, 2.75) is 50.2 Å². The summed E-state index contributed by atoms with van der Waals surface area (Å²) in [4.78, 5) is 71.5. The van der Waals surface area contributed by atoms with Crippen LogP contribution in [0.5, 0.6) is 5.75 Å². The Bertz CT molecular complexity index is 1810. The van der Waals surface area contributed by atoms with Crippen LogP contribution in [0.3, 0.4) is 0 Å². The van der Waals surface area contributed by atoms with Crippen LogP contribution in [0.4, 0.5) is 5.69 Å². The quantitative estimate of drug-likeness (QED) is 0.338. The van der Waals surface area contributed by atoms with Gasteiger partial charge < -0.3 is 20.8 Å². The number of carbonyl (C=O) groups excluding carboxylic acids is 5. The summed E-state index contributed by atoms with van der Waals surface area (Å²) in [5.41, 5.74) is 6.76. The van der Waals surface area contributed by atoms with Gasteiger partial charge in [-0.3, -0.25) is 28.9 Å². The monoisotopic (exact) mass is 637 g/mol. The van der Waals surface area contributed by atoms with Gasteiger partial charge in [-0.25, -0.2) is 0 Å². The number of primary amides is 1. The molecule has 0 bridgehead atoms. The lowest BCUT2D eigenvalue weighted by molar-refractivity contribution is -0.181. The second-order valence-corrected chi connectivity index (χ2v) is 13.6. The predicted octanol–water partition coefficient (Wildman–Crippen LogP) is 2.45. The third-order valence-corrected chi connectivity index (χ3v) is 10.4. The Morgan fingerprint density at radius 3 is 2.30 bits per heavy atom. The Labute approximate surface area is 273 Å². The van der Waals surface area contributed by atoms with Crippen molar-refractivity contribution in [3.8, 4) is 28.7 Å². The van der Waals surface area contributed by atoms with Gasteiger partial charge in [0.2, 0.25) is 5.91 Å². The number of Topliss-reactive ketones (excluding diaryl/α,β-unsaturated/α-hetero) is 4. The lowest BCUT2D eigenvalue weighted by atomic mass is 9.52. The van der Waals surface area contributed by atoms with E-state index < -0.39 is 64.4 Å². The molecule has 0 saturated heterocycles. The molecule has 0 heterocycles. The van der Waals surface area contributed by atoms with Gasteiger partial charge in [0.25, 0.3) is 0 Å². The van der Waals surface area contributed by atoms with Crippen LogP contribution in [0.25, 0.3) is 11.1 Å². The van der Waals surface area contributed by atoms with Crippen molar-refractivity contribution in [2.24, 2.45) is 29.4 Å². The molecule has 0 radical (unpaired) electrons. The van der Waals surface area contributed by atoms with Gasteiger partial charge in [-0.1, -0.05) is 30.0 Å². The van der Waals surface area contributed by atoms with Gasteiger partial charge in [-0.15, -0.1) is 0 Å². The number of benzene rings is 2. The fraction of sp³-hybridized carbons (Fsp3) is 0.432. The second-order valence-electron chi connectivity index (χ2n) is 13.6. The molecule has 0 aromatic heterocycles. The maximum Gasteiger partial charge on any atom is 0.235 e. The van der Waals surface area contributed by atoms with Crippen LogP contribution in [-0.4, -0.2) is 84.0 Å². The number of rotatable bonds is 4. The Kier molecular flexibility index (Phi) is 8.19. The first kappa shape index (κ1) is 32.4. The molecule has 3 unspecified atom stereocenters. The number of nitrogens with two attached hydrogens (primary N) is 1. The molecule has 4 aliphatic rings. The highest BCUT2D eigenvalue weighted by Crippen LogP contribution is 2.52. The minimum absolute atomic E-state index is 0.0145. The van der Waals surface area contributed by atoms with Gasteiger partial charge in [-0.05, 0) is 99.0 Å². The lowest BCUT2D eigenvalue weighted by Gasteiger charge is -2.52. The van der Waals surface area contributed by atoms with Gasteiger partial charge in [0, 0.05) is 25.7 Å². The van der Waals surface area contributed by atoms with Crippen molar-refractivity contribution in [3.05, 3.63) is 58.7 Å². The minimum atomic E-state index is -2.78. The molecule has 6 rings (SSSR count). The molecular formula is C37H39N3O7. The number of allylic oxidation sites excluding steroid dienone is 2. The fourth-order valence-electron chi connectivity index (χ4n) is 8.06. The smallest absolute Gasteiger partial charge is 0.235 e. The van der Waals surface area contributed by atoms with Crippen LogP contribution < -0.4 is 10.6 Å². The van der Waals surface area contributed by atoms with Crippen molar-refractivity contribution < 1.29 is 34.2 Å². The first-order valence-electron chi connectivity index (χ1n) is 16.0. The van der Waals surface area contributed by atoms with E-state index in [0.717, 1.165) is 42.5 Å². The van der Waals surface area contributed by atoms with Gasteiger partial charge >= 0.3 is 0 Å². The number of likely N-dealkylation sites (N-methyl/N-ethyl adjacent to an activating group) is 1. The summed E-state index contributed by atoms with van der Waals surface area (Å²) in [6.07, 6.45) is 6.09. The number of aliphatic hydroxyl groups is 1. The molecule has 0 aliphatic heterocycles. The van der Waals surface area contributed by atoms with E-state index in [1.165, 1.54) is 4.90 Å². The number of anilines is 1. The number of hydrogen-bond acceptors (Lipinski definition) is 9. The fourth-order valence-corrected chi connectivity index (χ4v) is 8.06. The number of amides is 1. The van der Waals surface area contributed by atoms with Gasteiger partial charge in [0.05, 0.1) is 23.1 Å². The summed E-state index contributed by atoms with van der Waals surface area (Å²) in [6.45, 7) is 0. The molecule has 2 fully saturated rings. The summed E-state index contributed by atoms with van der Waals surface area (Å²) in [5.74, 6) is -4.60. The minimum Gasteiger partial charge on any atom is -0.506 e. The topological polar surface area (TPSA) is 158 Å². The number of phenols is 1. The zero-order valence-corrected chi connectivity index (χ0v) is 27.0. The van der Waals surface area contributed by atoms with Gasteiger partial charge in [0.1, 0.15) is 5.75 Å². The molecule has 0 spiro atoms. The zero-order chi connectivity index (χ0) is 33.9. The third kappa shape index (κ3) is 5.09. The largest absolute Gasteiger partial charge is 0.506 e. The second kappa shape index (κ2) is 11.9. The average molecular weight is 638 g/mol. The van der Waals surface area contributed by atoms with E-state index in [9.17, 15) is 34.2 Å². The number of carbonyl (C=O) groups is 5. The highest BCUT2D eigenvalue weighted by molar-refractivity contribution is 6.32. The van der Waals surface area contributed by atoms with E-state index >= 15 is 0 Å². The molecule has 2 aromatic rings. The van der Waals surface area contributed by atoms with Crippen molar-refractivity contribution in [2.75, 3.05) is 33.1 Å². The summed E-state index contributed by atoms with van der Waals surface area (Å²) in [7, 11) is 6.99. The zero-order valence-electron chi connectivity index (χ0n) is 27.0. The van der Waals surface area contributed by atoms with Crippen molar-refractivity contribution >= 4 is 34.7 Å². The summed E-state index contributed by atoms with van der Waals surface area (Å²) >= 11 is 0. The van der Waals surface area contributed by atoms with E-state index in [-0.39, 0.29) is 29.7 Å². The summed E-state index contributed by atoms with van der Waals surface area (Å²) in [5, 5.41) is 23.5. The van der Waals surface area contributed by atoms with E-state index in [1.807, 2.05) is 43.3 Å². The van der Waals surface area contributed by atoms with Crippen molar-refractivity contribution in [1.82, 2.24) is 4.90 Å². The maximum absolute atomic E-state index is 14.4. The van der Waals surface area contributed by atoms with Crippen molar-refractivity contribution in [1.29, 1.82) is 0 Å². The molecule has 2 saturated carbocycles. The molecule has 4 N–H and O–H groups in total. The molecule has 10 nitrogen and oxygen atoms in total. The van der Waals surface area contributed by atoms with Gasteiger partial charge in [0.15, 0.2) is 34.7 Å². The Balaban J connectivity index is 1.52. The van der Waals surface area contributed by atoms with E-state index in [1.54, 1.807) is 20.2 Å². The molecule has 47 heavy (non-hydrogen) atoms. The van der Waals surface area contributed by atoms with Crippen LogP contribution in [0, 0.1) is 35.5 Å². The molecule has 10 heteroatoms. The Morgan fingerprint density at radius 1 is 1.00 bits per heavy atom. The summed E-state index contributed by atoms with van der Waals surface area (Å²) < 4.78 is 0. The van der Waals surface area contributed by atoms with Gasteiger partial charge in [-0.2, -0.15) is 0 Å². The molecule has 1 amide bonds. The van der Waals surface area contributed by atoms with Crippen LogP contribution in [-0.2, 0) is 25.6 Å².